The van der Waals surface area contributed by atoms with Crippen molar-refractivity contribution in [3.8, 4) is 11.8 Å². The fraction of sp³-hybridized carbons (Fsp3) is 0.0714. The lowest BCUT2D eigenvalue weighted by molar-refractivity contribution is 0.0592. The van der Waals surface area contributed by atoms with Crippen molar-refractivity contribution >= 4 is 45.2 Å². The van der Waals surface area contributed by atoms with Crippen molar-refractivity contribution in [1.29, 1.82) is 5.26 Å². The van der Waals surface area contributed by atoms with Crippen LogP contribution in [0.2, 0.25) is 5.02 Å². The molecular formula is C14H9BrClN3O4. The SMILES string of the molecule is COC(=O)c1c(N)c(C#N)cn1-c1c(Cl)cc(C(=O)O)cc1Br. The van der Waals surface area contributed by atoms with E-state index in [1.54, 1.807) is 0 Å². The minimum Gasteiger partial charge on any atom is -0.478 e. The minimum absolute atomic E-state index is 0.0362. The highest BCUT2D eigenvalue weighted by molar-refractivity contribution is 9.10. The monoisotopic (exact) mass is 397 g/mol. The highest BCUT2D eigenvalue weighted by Gasteiger charge is 2.24. The van der Waals surface area contributed by atoms with Crippen LogP contribution in [0.15, 0.2) is 22.8 Å². The Labute approximate surface area is 144 Å². The summed E-state index contributed by atoms with van der Waals surface area (Å²) in [7, 11) is 1.18. The third kappa shape index (κ3) is 2.88. The Morgan fingerprint density at radius 3 is 2.61 bits per heavy atom. The van der Waals surface area contributed by atoms with E-state index < -0.39 is 11.9 Å². The molecule has 0 saturated heterocycles. The maximum Gasteiger partial charge on any atom is 0.357 e. The molecule has 23 heavy (non-hydrogen) atoms. The van der Waals surface area contributed by atoms with Crippen molar-refractivity contribution in [3.63, 3.8) is 0 Å². The number of hydrogen-bond donors (Lipinski definition) is 2. The maximum atomic E-state index is 12.0. The molecule has 1 aromatic heterocycles. The number of nitrogens with two attached hydrogens (primary N) is 1. The molecule has 2 aromatic rings. The summed E-state index contributed by atoms with van der Waals surface area (Å²) in [6.07, 6.45) is 1.33. The number of carboxylic acid groups (broad SMARTS) is 1. The number of rotatable bonds is 3. The van der Waals surface area contributed by atoms with Gasteiger partial charge in [-0.1, -0.05) is 11.6 Å². The molecule has 0 saturated carbocycles. The van der Waals surface area contributed by atoms with Crippen molar-refractivity contribution < 1.29 is 19.4 Å². The Hall–Kier alpha value is -2.50. The van der Waals surface area contributed by atoms with Crippen LogP contribution in [-0.4, -0.2) is 28.7 Å². The van der Waals surface area contributed by atoms with E-state index in [1.165, 1.54) is 30.0 Å². The van der Waals surface area contributed by atoms with E-state index in [-0.39, 0.29) is 33.2 Å². The van der Waals surface area contributed by atoms with Crippen LogP contribution in [0.25, 0.3) is 5.69 Å². The summed E-state index contributed by atoms with van der Waals surface area (Å²) in [5.41, 5.74) is 5.98. The molecular weight excluding hydrogens is 390 g/mol. The van der Waals surface area contributed by atoms with E-state index in [1.807, 2.05) is 6.07 Å². The average Bonchev–Trinajstić information content (AvgIpc) is 2.82. The van der Waals surface area contributed by atoms with Gasteiger partial charge in [-0.05, 0) is 28.1 Å². The number of carbonyl (C=O) groups excluding carboxylic acids is 1. The molecule has 7 nitrogen and oxygen atoms in total. The first-order valence-electron chi connectivity index (χ1n) is 6.03. The molecule has 2 rings (SSSR count). The summed E-state index contributed by atoms with van der Waals surface area (Å²) in [6.45, 7) is 0. The van der Waals surface area contributed by atoms with Gasteiger partial charge in [-0.25, -0.2) is 9.59 Å². The van der Waals surface area contributed by atoms with E-state index in [0.29, 0.717) is 4.47 Å². The lowest BCUT2D eigenvalue weighted by Crippen LogP contribution is -2.12. The first-order valence-corrected chi connectivity index (χ1v) is 7.20. The van der Waals surface area contributed by atoms with Gasteiger partial charge in [0.15, 0.2) is 5.69 Å². The van der Waals surface area contributed by atoms with Crippen LogP contribution in [0, 0.1) is 11.3 Å². The number of aromatic nitrogens is 1. The number of carbonyl (C=O) groups is 2. The maximum absolute atomic E-state index is 12.0. The highest BCUT2D eigenvalue weighted by Crippen LogP contribution is 2.34. The fourth-order valence-corrected chi connectivity index (χ4v) is 3.09. The van der Waals surface area contributed by atoms with Crippen LogP contribution in [0.4, 0.5) is 5.69 Å². The van der Waals surface area contributed by atoms with E-state index in [0.717, 1.165) is 0 Å². The Morgan fingerprint density at radius 2 is 2.13 bits per heavy atom. The normalized spacial score (nSPS) is 10.2. The smallest absolute Gasteiger partial charge is 0.357 e. The number of hydrogen-bond acceptors (Lipinski definition) is 5. The number of anilines is 1. The van der Waals surface area contributed by atoms with E-state index in [9.17, 15) is 9.59 Å². The molecule has 3 N–H and O–H groups in total. The van der Waals surface area contributed by atoms with Gasteiger partial charge < -0.3 is 20.1 Å². The summed E-state index contributed by atoms with van der Waals surface area (Å²) in [5, 5.41) is 18.2. The van der Waals surface area contributed by atoms with Crippen molar-refractivity contribution in [2.24, 2.45) is 0 Å². The van der Waals surface area contributed by atoms with Gasteiger partial charge in [0.25, 0.3) is 0 Å². The molecule has 0 radical (unpaired) electrons. The predicted molar refractivity (Wildman–Crippen MR) is 85.9 cm³/mol. The molecule has 0 amide bonds. The summed E-state index contributed by atoms with van der Waals surface area (Å²) >= 11 is 9.37. The number of aromatic carboxylic acids is 1. The van der Waals surface area contributed by atoms with E-state index in [2.05, 4.69) is 20.7 Å². The molecule has 9 heteroatoms. The number of nitriles is 1. The van der Waals surface area contributed by atoms with Crippen LogP contribution in [-0.2, 0) is 4.74 Å². The van der Waals surface area contributed by atoms with Crippen LogP contribution >= 0.6 is 27.5 Å². The Morgan fingerprint density at radius 1 is 1.48 bits per heavy atom. The lowest BCUT2D eigenvalue weighted by atomic mass is 10.2. The minimum atomic E-state index is -1.16. The predicted octanol–water partition coefficient (Wildman–Crippen LogP) is 2.83. The summed E-state index contributed by atoms with van der Waals surface area (Å²) < 4.78 is 6.28. The fourth-order valence-electron chi connectivity index (χ4n) is 2.01. The summed E-state index contributed by atoms with van der Waals surface area (Å²) in [4.78, 5) is 23.0. The van der Waals surface area contributed by atoms with Crippen molar-refractivity contribution in [2.45, 2.75) is 0 Å². The van der Waals surface area contributed by atoms with E-state index in [4.69, 9.17) is 27.7 Å². The number of carboxylic acids is 1. The van der Waals surface area contributed by atoms with Gasteiger partial charge in [-0.2, -0.15) is 5.26 Å². The Balaban J connectivity index is 2.80. The standard InChI is InChI=1S/C14H9BrClN3O4/c1-23-14(22)12-10(18)7(4-17)5-19(12)11-8(15)2-6(13(20)21)3-9(11)16/h2-3,5H,18H2,1H3,(H,20,21). The molecule has 0 unspecified atom stereocenters. The van der Waals surface area contributed by atoms with Gasteiger partial charge >= 0.3 is 11.9 Å². The second-order valence-corrected chi connectivity index (χ2v) is 5.63. The third-order valence-electron chi connectivity index (χ3n) is 3.05. The zero-order valence-corrected chi connectivity index (χ0v) is 14.0. The summed E-state index contributed by atoms with van der Waals surface area (Å²) in [6, 6.07) is 4.42. The quantitative estimate of drug-likeness (QED) is 0.767. The van der Waals surface area contributed by atoms with E-state index >= 15 is 0 Å². The molecule has 1 heterocycles. The van der Waals surface area contributed by atoms with Gasteiger partial charge in [0.2, 0.25) is 0 Å². The molecule has 0 atom stereocenters. The van der Waals surface area contributed by atoms with Crippen LogP contribution < -0.4 is 5.73 Å². The first-order chi connectivity index (χ1) is 10.8. The highest BCUT2D eigenvalue weighted by atomic mass is 79.9. The van der Waals surface area contributed by atoms with Crippen LogP contribution in [0.5, 0.6) is 0 Å². The second-order valence-electron chi connectivity index (χ2n) is 4.37. The molecule has 118 valence electrons. The van der Waals surface area contributed by atoms with Gasteiger partial charge in [-0.15, -0.1) is 0 Å². The molecule has 0 fully saturated rings. The number of nitrogens with zero attached hydrogens (tertiary/aromatic N) is 2. The van der Waals surface area contributed by atoms with Gasteiger partial charge in [0.05, 0.1) is 34.6 Å². The zero-order chi connectivity index (χ0) is 17.3. The molecule has 0 aliphatic rings. The number of nitrogen functional groups attached to an aromatic ring is 1. The largest absolute Gasteiger partial charge is 0.478 e. The third-order valence-corrected chi connectivity index (χ3v) is 3.94. The average molecular weight is 399 g/mol. The van der Waals surface area contributed by atoms with Crippen LogP contribution in [0.1, 0.15) is 26.4 Å². The van der Waals surface area contributed by atoms with Gasteiger partial charge in [0.1, 0.15) is 6.07 Å². The Bertz CT molecular complexity index is 847. The lowest BCUT2D eigenvalue weighted by Gasteiger charge is -2.13. The number of esters is 1. The summed E-state index contributed by atoms with van der Waals surface area (Å²) in [5.74, 6) is -1.91. The topological polar surface area (TPSA) is 118 Å². The molecule has 0 aliphatic carbocycles. The van der Waals surface area contributed by atoms with Crippen molar-refractivity contribution in [2.75, 3.05) is 12.8 Å². The van der Waals surface area contributed by atoms with Gasteiger partial charge in [0, 0.05) is 10.7 Å². The molecule has 0 spiro atoms. The van der Waals surface area contributed by atoms with Crippen LogP contribution in [0.3, 0.4) is 0 Å². The molecule has 0 aliphatic heterocycles. The van der Waals surface area contributed by atoms with Crippen molar-refractivity contribution in [1.82, 2.24) is 4.57 Å². The van der Waals surface area contributed by atoms with Gasteiger partial charge in [-0.3, -0.25) is 0 Å². The molecule has 1 aromatic carbocycles. The second kappa shape index (κ2) is 6.32. The zero-order valence-electron chi connectivity index (χ0n) is 11.6. The number of ether oxygens (including phenoxy) is 1. The number of halogens is 2. The Kier molecular flexibility index (Phi) is 4.63. The number of methoxy groups -OCH3 is 1. The number of benzene rings is 1. The first kappa shape index (κ1) is 16.9. The van der Waals surface area contributed by atoms with Crippen molar-refractivity contribution in [3.05, 3.63) is 44.6 Å². The molecule has 0 bridgehead atoms.